The lowest BCUT2D eigenvalue weighted by Gasteiger charge is -2.31. The highest BCUT2D eigenvalue weighted by Gasteiger charge is 2.38. The van der Waals surface area contributed by atoms with E-state index in [1.54, 1.807) is 18.2 Å². The second-order valence-electron chi connectivity index (χ2n) is 8.50. The molecule has 40 heavy (non-hydrogen) atoms. The molecule has 1 aliphatic heterocycles. The number of rotatable bonds is 7. The van der Waals surface area contributed by atoms with Gasteiger partial charge in [0.2, 0.25) is 0 Å². The Kier molecular flexibility index (Phi) is 10.4. The number of carbonyl (C=O) groups excluding carboxylic acids is 1. The fourth-order valence-electron chi connectivity index (χ4n) is 3.66. The van der Waals surface area contributed by atoms with E-state index in [0.717, 1.165) is 37.4 Å². The topological polar surface area (TPSA) is 128 Å². The van der Waals surface area contributed by atoms with Gasteiger partial charge in [-0.25, -0.2) is 13.2 Å². The fraction of sp³-hybridized carbons (Fsp3) is 0.231. The number of anilines is 2. The van der Waals surface area contributed by atoms with Gasteiger partial charge in [-0.15, -0.1) is 0 Å². The summed E-state index contributed by atoms with van der Waals surface area (Å²) in [4.78, 5) is 24.3. The number of hydrogen-bond donors (Lipinski definition) is 4. The predicted molar refractivity (Wildman–Crippen MR) is 145 cm³/mol. The highest BCUT2D eigenvalue weighted by atomic mass is 35.5. The summed E-state index contributed by atoms with van der Waals surface area (Å²) in [5.41, 5.74) is 2.49. The van der Waals surface area contributed by atoms with E-state index < -0.39 is 22.2 Å². The molecule has 0 saturated carbocycles. The first-order chi connectivity index (χ1) is 18.9. The molecule has 0 unspecified atom stereocenters. The normalized spacial score (nSPS) is 13.6. The van der Waals surface area contributed by atoms with E-state index in [0.29, 0.717) is 22.8 Å². The van der Waals surface area contributed by atoms with Crippen LogP contribution in [0.4, 0.5) is 24.5 Å². The van der Waals surface area contributed by atoms with Crippen molar-refractivity contribution in [3.05, 3.63) is 88.9 Å². The van der Waals surface area contributed by atoms with Crippen molar-refractivity contribution in [2.24, 2.45) is 0 Å². The molecule has 4 rings (SSSR count). The summed E-state index contributed by atoms with van der Waals surface area (Å²) in [6, 6.07) is 20.6. The van der Waals surface area contributed by atoms with Crippen molar-refractivity contribution in [3.63, 3.8) is 0 Å². The maximum Gasteiger partial charge on any atom is 0.490 e. The Morgan fingerprint density at radius 1 is 0.975 bits per heavy atom. The summed E-state index contributed by atoms with van der Waals surface area (Å²) < 4.78 is 59.9. The minimum absolute atomic E-state index is 0.0909. The summed E-state index contributed by atoms with van der Waals surface area (Å²) in [7, 11) is -3.83. The van der Waals surface area contributed by atoms with Crippen molar-refractivity contribution in [3.8, 4) is 0 Å². The number of nitrogens with one attached hydrogen (secondary N) is 3. The summed E-state index contributed by atoms with van der Waals surface area (Å²) in [5, 5.41) is 13.8. The average Bonchev–Trinajstić information content (AvgIpc) is 2.92. The van der Waals surface area contributed by atoms with Crippen molar-refractivity contribution in [1.82, 2.24) is 10.6 Å². The first kappa shape index (κ1) is 30.7. The van der Waals surface area contributed by atoms with Gasteiger partial charge >= 0.3 is 12.1 Å². The average molecular weight is 599 g/mol. The van der Waals surface area contributed by atoms with Crippen molar-refractivity contribution < 1.29 is 36.3 Å². The van der Waals surface area contributed by atoms with Crippen LogP contribution in [0.1, 0.15) is 15.9 Å². The molecule has 1 amide bonds. The van der Waals surface area contributed by atoms with Crippen LogP contribution in [0.5, 0.6) is 0 Å². The highest BCUT2D eigenvalue weighted by Crippen LogP contribution is 2.27. The van der Waals surface area contributed by atoms with Crippen LogP contribution in [-0.4, -0.2) is 57.8 Å². The van der Waals surface area contributed by atoms with Crippen LogP contribution in [0.25, 0.3) is 0 Å². The van der Waals surface area contributed by atoms with E-state index >= 15 is 0 Å². The Morgan fingerprint density at radius 2 is 1.57 bits per heavy atom. The van der Waals surface area contributed by atoms with E-state index in [4.69, 9.17) is 21.5 Å². The van der Waals surface area contributed by atoms with Crippen LogP contribution in [-0.2, 0) is 21.4 Å². The number of carboxylic acid groups (broad SMARTS) is 1. The Morgan fingerprint density at radius 3 is 2.15 bits per heavy atom. The number of benzene rings is 3. The van der Waals surface area contributed by atoms with E-state index in [1.807, 2.05) is 30.3 Å². The molecule has 0 aromatic heterocycles. The Labute approximate surface area is 234 Å². The first-order valence-corrected chi connectivity index (χ1v) is 13.7. The zero-order valence-electron chi connectivity index (χ0n) is 20.9. The van der Waals surface area contributed by atoms with Gasteiger partial charge in [0, 0.05) is 49.1 Å². The fourth-order valence-corrected chi connectivity index (χ4v) is 4.84. The van der Waals surface area contributed by atoms with Crippen molar-refractivity contribution >= 4 is 44.9 Å². The second-order valence-corrected chi connectivity index (χ2v) is 10.6. The van der Waals surface area contributed by atoms with Crippen molar-refractivity contribution in [2.45, 2.75) is 17.6 Å². The molecular formula is C26H26ClF3N4O5S. The van der Waals surface area contributed by atoms with Crippen LogP contribution < -0.4 is 20.3 Å². The zero-order valence-corrected chi connectivity index (χ0v) is 22.5. The molecule has 3 aromatic rings. The van der Waals surface area contributed by atoms with Crippen molar-refractivity contribution in [2.75, 3.05) is 35.8 Å². The molecule has 0 spiro atoms. The van der Waals surface area contributed by atoms with E-state index in [1.165, 1.54) is 24.3 Å². The van der Waals surface area contributed by atoms with Gasteiger partial charge in [-0.1, -0.05) is 41.9 Å². The molecule has 0 aliphatic carbocycles. The minimum atomic E-state index is -5.08. The van der Waals surface area contributed by atoms with Crippen LogP contribution >= 0.6 is 11.6 Å². The molecule has 1 fully saturated rings. The number of carbonyl (C=O) groups is 2. The number of hydrogen-bond acceptors (Lipinski definition) is 6. The van der Waals surface area contributed by atoms with Gasteiger partial charge < -0.3 is 20.6 Å². The molecule has 0 bridgehead atoms. The minimum Gasteiger partial charge on any atom is -0.475 e. The number of amides is 1. The molecule has 4 N–H and O–H groups in total. The van der Waals surface area contributed by atoms with E-state index in [9.17, 15) is 26.4 Å². The number of nitrogens with zero attached hydrogens (tertiary/aromatic N) is 1. The summed E-state index contributed by atoms with van der Waals surface area (Å²) >= 11 is 5.87. The van der Waals surface area contributed by atoms with Crippen LogP contribution in [0.15, 0.2) is 77.7 Å². The molecule has 3 aromatic carbocycles. The number of carboxylic acids is 1. The lowest BCUT2D eigenvalue weighted by molar-refractivity contribution is -0.192. The number of alkyl halides is 3. The maximum absolute atomic E-state index is 13.2. The van der Waals surface area contributed by atoms with Gasteiger partial charge in [-0.3, -0.25) is 9.52 Å². The van der Waals surface area contributed by atoms with Crippen molar-refractivity contribution in [1.29, 1.82) is 0 Å². The van der Waals surface area contributed by atoms with Gasteiger partial charge in [0.15, 0.2) is 0 Å². The SMILES string of the molecule is O=C(NCc1ccccc1)c1cc(NS(=O)(=O)c2ccc(Cl)cc2)ccc1N1CCNCC1.O=C(O)C(F)(F)F. The van der Waals surface area contributed by atoms with Gasteiger partial charge in [0.1, 0.15) is 0 Å². The molecule has 9 nitrogen and oxygen atoms in total. The standard InChI is InChI=1S/C24H25ClN4O3S.C2HF3O2/c25-19-6-9-21(10-7-19)33(31,32)28-20-8-11-23(29-14-12-26-13-15-29)22(16-20)24(30)27-17-18-4-2-1-3-5-18;3-2(4,5)1(6)7/h1-11,16,26,28H,12-15,17H2,(H,27,30);(H,6,7). The highest BCUT2D eigenvalue weighted by molar-refractivity contribution is 7.92. The van der Waals surface area contributed by atoms with E-state index in [-0.39, 0.29) is 10.8 Å². The molecule has 0 radical (unpaired) electrons. The number of aliphatic carboxylic acids is 1. The second kappa shape index (κ2) is 13.5. The molecule has 214 valence electrons. The quantitative estimate of drug-likeness (QED) is 0.322. The Bertz CT molecular complexity index is 1420. The smallest absolute Gasteiger partial charge is 0.475 e. The third kappa shape index (κ3) is 8.86. The van der Waals surface area contributed by atoms with Crippen LogP contribution in [0.2, 0.25) is 5.02 Å². The van der Waals surface area contributed by atoms with E-state index in [2.05, 4.69) is 20.3 Å². The summed E-state index contributed by atoms with van der Waals surface area (Å²) in [6.45, 7) is 3.52. The first-order valence-electron chi connectivity index (χ1n) is 11.9. The van der Waals surface area contributed by atoms with Crippen LogP contribution in [0.3, 0.4) is 0 Å². The Balaban J connectivity index is 0.000000559. The maximum atomic E-state index is 13.2. The number of halogens is 4. The Hall–Kier alpha value is -3.81. The predicted octanol–water partition coefficient (Wildman–Crippen LogP) is 4.11. The van der Waals surface area contributed by atoms with Gasteiger partial charge in [-0.05, 0) is 48.0 Å². The van der Waals surface area contributed by atoms with Gasteiger partial charge in [0.25, 0.3) is 15.9 Å². The van der Waals surface area contributed by atoms with Gasteiger partial charge in [0.05, 0.1) is 10.5 Å². The molecule has 1 heterocycles. The molecule has 1 aliphatic rings. The number of sulfonamides is 1. The summed E-state index contributed by atoms with van der Waals surface area (Å²) in [6.07, 6.45) is -5.08. The lowest BCUT2D eigenvalue weighted by Crippen LogP contribution is -2.44. The molecule has 0 atom stereocenters. The number of piperazine rings is 1. The van der Waals surface area contributed by atoms with Crippen LogP contribution in [0, 0.1) is 0 Å². The van der Waals surface area contributed by atoms with Gasteiger partial charge in [-0.2, -0.15) is 13.2 Å². The summed E-state index contributed by atoms with van der Waals surface area (Å²) in [5.74, 6) is -3.02. The molecule has 1 saturated heterocycles. The third-order valence-electron chi connectivity index (χ3n) is 5.61. The molecule has 14 heteroatoms. The third-order valence-corrected chi connectivity index (χ3v) is 7.26. The molecular weight excluding hydrogens is 573 g/mol. The lowest BCUT2D eigenvalue weighted by atomic mass is 10.1. The zero-order chi connectivity index (χ0) is 29.3. The monoisotopic (exact) mass is 598 g/mol. The largest absolute Gasteiger partial charge is 0.490 e.